The largest absolute Gasteiger partial charge is 1.00 e. The summed E-state index contributed by atoms with van der Waals surface area (Å²) in [7, 11) is 0. The molecular formula is C12H7F2LiN2O3. The number of rotatable bonds is 3. The molecule has 0 saturated carbocycles. The van der Waals surface area contributed by atoms with Crippen LogP contribution in [-0.4, -0.2) is 15.7 Å². The second kappa shape index (κ2) is 6.46. The zero-order chi connectivity index (χ0) is 14.0. The fourth-order valence-electron chi connectivity index (χ4n) is 1.64. The van der Waals surface area contributed by atoms with Gasteiger partial charge in [-0.2, -0.15) is 5.10 Å². The summed E-state index contributed by atoms with van der Waals surface area (Å²) in [4.78, 5) is 22.6. The van der Waals surface area contributed by atoms with Crippen LogP contribution in [0.1, 0.15) is 11.6 Å². The topological polar surface area (TPSA) is 75.0 Å². The van der Waals surface area contributed by atoms with E-state index in [1.807, 2.05) is 0 Å². The third-order valence-electron chi connectivity index (χ3n) is 2.47. The summed E-state index contributed by atoms with van der Waals surface area (Å²) in [6, 6.07) is 2.99. The van der Waals surface area contributed by atoms with Gasteiger partial charge in [0.25, 0.3) is 5.56 Å². The summed E-state index contributed by atoms with van der Waals surface area (Å²) < 4.78 is 27.0. The maximum Gasteiger partial charge on any atom is 1.00 e. The van der Waals surface area contributed by atoms with Crippen molar-refractivity contribution in [2.24, 2.45) is 0 Å². The Bertz CT molecular complexity index is 690. The number of benzene rings is 1. The van der Waals surface area contributed by atoms with Gasteiger partial charge >= 0.3 is 18.9 Å². The van der Waals surface area contributed by atoms with Crippen LogP contribution >= 0.6 is 0 Å². The number of hydrogen-bond donors (Lipinski definition) is 0. The number of aliphatic carboxylic acids is 1. The molecule has 1 aromatic carbocycles. The van der Waals surface area contributed by atoms with E-state index in [1.165, 1.54) is 12.3 Å². The molecule has 0 aliphatic rings. The van der Waals surface area contributed by atoms with Crippen LogP contribution in [0.25, 0.3) is 0 Å². The molecule has 0 radical (unpaired) electrons. The van der Waals surface area contributed by atoms with Crippen LogP contribution in [0.15, 0.2) is 41.3 Å². The number of hydrogen-bond acceptors (Lipinski definition) is 4. The molecule has 5 nitrogen and oxygen atoms in total. The van der Waals surface area contributed by atoms with Gasteiger partial charge in [0.15, 0.2) is 0 Å². The van der Waals surface area contributed by atoms with Crippen molar-refractivity contribution in [3.63, 3.8) is 0 Å². The second-order valence-corrected chi connectivity index (χ2v) is 3.69. The van der Waals surface area contributed by atoms with Gasteiger partial charge in [-0.15, -0.1) is 0 Å². The van der Waals surface area contributed by atoms with Gasteiger partial charge in [0.2, 0.25) is 0 Å². The van der Waals surface area contributed by atoms with Crippen molar-refractivity contribution >= 4 is 5.97 Å². The van der Waals surface area contributed by atoms with Gasteiger partial charge in [-0.1, -0.05) is 6.07 Å². The Kier molecular flexibility index (Phi) is 5.19. The van der Waals surface area contributed by atoms with E-state index in [0.717, 1.165) is 18.2 Å². The molecule has 98 valence electrons. The van der Waals surface area contributed by atoms with Crippen LogP contribution in [0.4, 0.5) is 8.78 Å². The van der Waals surface area contributed by atoms with Crippen LogP contribution in [0.2, 0.25) is 0 Å². The fraction of sp³-hybridized carbons (Fsp3) is 0.0833. The number of aromatic nitrogens is 2. The number of carbonyl (C=O) groups excluding carboxylic acids is 1. The second-order valence-electron chi connectivity index (χ2n) is 3.69. The van der Waals surface area contributed by atoms with E-state index in [9.17, 15) is 23.5 Å². The summed E-state index contributed by atoms with van der Waals surface area (Å²) in [5, 5.41) is 14.7. The van der Waals surface area contributed by atoms with Gasteiger partial charge in [-0.3, -0.25) is 4.79 Å². The fourth-order valence-corrected chi connectivity index (χ4v) is 1.64. The van der Waals surface area contributed by atoms with E-state index < -0.39 is 34.8 Å². The summed E-state index contributed by atoms with van der Waals surface area (Å²) in [5.74, 6) is -3.66. The van der Waals surface area contributed by atoms with Gasteiger partial charge in [0.05, 0.1) is 5.97 Å². The van der Waals surface area contributed by atoms with Crippen molar-refractivity contribution < 1.29 is 37.5 Å². The average molecular weight is 272 g/mol. The molecule has 0 fully saturated rings. The first kappa shape index (κ1) is 16.1. The molecule has 8 heteroatoms. The third kappa shape index (κ3) is 3.13. The Morgan fingerprint density at radius 2 is 2.00 bits per heavy atom. The average Bonchev–Trinajstić information content (AvgIpc) is 2.34. The van der Waals surface area contributed by atoms with Crippen molar-refractivity contribution in [3.05, 3.63) is 64.1 Å². The van der Waals surface area contributed by atoms with Gasteiger partial charge in [0.1, 0.15) is 17.7 Å². The first-order chi connectivity index (χ1) is 9.00. The van der Waals surface area contributed by atoms with Crippen LogP contribution in [-0.2, 0) is 4.79 Å². The van der Waals surface area contributed by atoms with Crippen molar-refractivity contribution in [1.29, 1.82) is 0 Å². The third-order valence-corrected chi connectivity index (χ3v) is 2.47. The maximum atomic E-state index is 13.6. The summed E-state index contributed by atoms with van der Waals surface area (Å²) >= 11 is 0. The van der Waals surface area contributed by atoms with Crippen LogP contribution in [0.3, 0.4) is 0 Å². The predicted octanol–water partition coefficient (Wildman–Crippen LogP) is -3.14. The minimum atomic E-state index is -1.76. The smallest absolute Gasteiger partial charge is 0.547 e. The summed E-state index contributed by atoms with van der Waals surface area (Å²) in [5.41, 5.74) is -1.14. The van der Waals surface area contributed by atoms with Gasteiger partial charge in [-0.25, -0.2) is 13.5 Å². The van der Waals surface area contributed by atoms with Gasteiger partial charge in [0, 0.05) is 23.9 Å². The summed E-state index contributed by atoms with van der Waals surface area (Å²) in [6.45, 7) is 0. The van der Waals surface area contributed by atoms with Crippen molar-refractivity contribution in [2.45, 2.75) is 6.04 Å². The number of carbonyl (C=O) groups is 1. The molecule has 0 aliphatic carbocycles. The first-order valence-electron chi connectivity index (χ1n) is 5.20. The molecule has 0 N–H and O–H groups in total. The molecule has 1 atom stereocenters. The molecule has 2 rings (SSSR count). The van der Waals surface area contributed by atoms with E-state index in [2.05, 4.69) is 5.10 Å². The quantitative estimate of drug-likeness (QED) is 0.554. The van der Waals surface area contributed by atoms with E-state index in [4.69, 9.17) is 0 Å². The molecule has 0 aliphatic heterocycles. The zero-order valence-corrected chi connectivity index (χ0v) is 10.4. The van der Waals surface area contributed by atoms with E-state index >= 15 is 0 Å². The molecule has 2 aromatic rings. The minimum absolute atomic E-state index is 0. The molecule has 0 spiro atoms. The number of nitrogens with zero attached hydrogens (tertiary/aromatic N) is 2. The Morgan fingerprint density at radius 3 is 2.55 bits per heavy atom. The van der Waals surface area contributed by atoms with E-state index in [0.29, 0.717) is 10.7 Å². The Labute approximate surface area is 124 Å². The van der Waals surface area contributed by atoms with Crippen molar-refractivity contribution in [1.82, 2.24) is 9.78 Å². The molecule has 0 saturated heterocycles. The van der Waals surface area contributed by atoms with Crippen LogP contribution in [0.5, 0.6) is 0 Å². The van der Waals surface area contributed by atoms with Gasteiger partial charge in [-0.05, 0) is 12.1 Å². The van der Waals surface area contributed by atoms with E-state index in [-0.39, 0.29) is 18.9 Å². The first-order valence-corrected chi connectivity index (χ1v) is 5.20. The zero-order valence-electron chi connectivity index (χ0n) is 10.4. The van der Waals surface area contributed by atoms with Crippen molar-refractivity contribution in [3.8, 4) is 0 Å². The predicted molar refractivity (Wildman–Crippen MR) is 58.0 cm³/mol. The number of carboxylic acids is 1. The monoisotopic (exact) mass is 272 g/mol. The molecule has 20 heavy (non-hydrogen) atoms. The standard InChI is InChI=1S/C12H8F2N2O3.Li/c13-7-3-4-8(9(14)6-7)11(12(18)19)16-10(17)2-1-5-15-16;/h1-6,11H,(H,18,19);/q;+1/p-1. The SMILES string of the molecule is O=C([O-])C(c1ccc(F)cc1F)n1ncccc1=O.[Li+]. The molecule has 0 amide bonds. The molecule has 1 unspecified atom stereocenters. The normalized spacial score (nSPS) is 11.5. The Balaban J connectivity index is 0.00000200. The molecular weight excluding hydrogens is 265 g/mol. The summed E-state index contributed by atoms with van der Waals surface area (Å²) in [6.07, 6.45) is 1.18. The number of carboxylic acid groups (broad SMARTS) is 1. The maximum absolute atomic E-state index is 13.6. The number of halogens is 2. The molecule has 1 heterocycles. The van der Waals surface area contributed by atoms with E-state index in [1.54, 1.807) is 0 Å². The van der Waals surface area contributed by atoms with Crippen LogP contribution < -0.4 is 29.5 Å². The minimum Gasteiger partial charge on any atom is -0.547 e. The van der Waals surface area contributed by atoms with Crippen LogP contribution in [0, 0.1) is 11.6 Å². The Morgan fingerprint density at radius 1 is 1.30 bits per heavy atom. The van der Waals surface area contributed by atoms with Crippen molar-refractivity contribution in [2.75, 3.05) is 0 Å². The van der Waals surface area contributed by atoms with Gasteiger partial charge < -0.3 is 9.90 Å². The Hall–Kier alpha value is -1.97. The molecule has 1 aromatic heterocycles. The molecule has 0 bridgehead atoms.